The fraction of sp³-hybridized carbons (Fsp3) is 0.162. The second kappa shape index (κ2) is 31.7. The minimum Gasteiger partial charge on any atom is -0.485 e. The number of carboxylic acid groups (broad SMARTS) is 1. The Balaban J connectivity index is 0.986. The Morgan fingerprint density at radius 1 is 0.345 bits per heavy atom. The summed E-state index contributed by atoms with van der Waals surface area (Å²) in [5.41, 5.74) is 5.87. The van der Waals surface area contributed by atoms with E-state index < -0.39 is 45.7 Å². The molecule has 2 amide bonds. The van der Waals surface area contributed by atoms with E-state index in [1.807, 2.05) is 164 Å². The highest BCUT2D eigenvalue weighted by Gasteiger charge is 2.34. The molecule has 17 nitrogen and oxygen atoms in total. The first-order valence-corrected chi connectivity index (χ1v) is 30.8. The molecule has 0 spiro atoms. The standard InChI is InChI=1S/C68H64N2O15P2/c71-66(69-61(67(72)73)41-59-37-39-63(65(43-59)78-45-52-24-10-2-11-25-52)85-87(76,82-49-56-32-18-6-19-33-56)83-50-57-34-20-7-21-35-57)60(70-68(74)79-46-53-26-12-3-13-27-53)40-58-36-38-62(64(42-58)77-44-51-22-8-1-9-23-51)84-86(75,80-47-54-28-14-4-15-29-54)81-48-55-30-16-5-17-31-55/h1-39,42-43,60-61H,40-41,44-50H2,(H,69,71)(H,70,74)(H,72,73). The smallest absolute Gasteiger partial charge is 0.485 e. The number of ether oxygens (including phenoxy) is 3. The lowest BCUT2D eigenvalue weighted by Gasteiger charge is -2.23. The molecular formula is C68H64N2O15P2. The molecule has 0 radical (unpaired) electrons. The lowest BCUT2D eigenvalue weighted by molar-refractivity contribution is -0.142. The van der Waals surface area contributed by atoms with Crippen molar-refractivity contribution >= 4 is 33.6 Å². The number of carbonyl (C=O) groups excluding carboxylic acids is 2. The molecule has 87 heavy (non-hydrogen) atoms. The number of amides is 2. The van der Waals surface area contributed by atoms with Gasteiger partial charge < -0.3 is 39.0 Å². The van der Waals surface area contributed by atoms with Crippen LogP contribution in [0, 0.1) is 0 Å². The minimum absolute atomic E-state index is 0.0212. The summed E-state index contributed by atoms with van der Waals surface area (Å²) in [4.78, 5) is 41.6. The van der Waals surface area contributed by atoms with Crippen LogP contribution in [0.25, 0.3) is 0 Å². The Bertz CT molecular complexity index is 3610. The van der Waals surface area contributed by atoms with Gasteiger partial charge in [-0.25, -0.2) is 18.7 Å². The maximum atomic E-state index is 14.7. The number of phosphoric acid groups is 2. The molecule has 0 aliphatic heterocycles. The van der Waals surface area contributed by atoms with Crippen LogP contribution < -0.4 is 29.2 Å². The number of carbonyl (C=O) groups is 3. The van der Waals surface area contributed by atoms with Crippen LogP contribution >= 0.6 is 15.6 Å². The Labute approximate surface area is 504 Å². The van der Waals surface area contributed by atoms with E-state index in [4.69, 9.17) is 41.4 Å². The largest absolute Gasteiger partial charge is 0.530 e. The molecule has 0 bridgehead atoms. The summed E-state index contributed by atoms with van der Waals surface area (Å²) in [5.74, 6) is -2.19. The maximum absolute atomic E-state index is 14.7. The molecule has 0 saturated carbocycles. The van der Waals surface area contributed by atoms with Crippen molar-refractivity contribution in [1.29, 1.82) is 0 Å². The van der Waals surface area contributed by atoms with Gasteiger partial charge in [-0.1, -0.05) is 224 Å². The number of benzene rings is 9. The quantitative estimate of drug-likeness (QED) is 0.0335. The van der Waals surface area contributed by atoms with E-state index in [2.05, 4.69) is 10.6 Å². The molecule has 9 aromatic carbocycles. The Morgan fingerprint density at radius 3 is 0.966 bits per heavy atom. The number of hydrogen-bond donors (Lipinski definition) is 3. The van der Waals surface area contributed by atoms with Crippen LogP contribution in [-0.4, -0.2) is 35.2 Å². The molecule has 0 fully saturated rings. The summed E-state index contributed by atoms with van der Waals surface area (Å²) in [6.45, 7) is -0.542. The summed E-state index contributed by atoms with van der Waals surface area (Å²) in [6.07, 6.45) is -1.51. The topological polar surface area (TPSA) is 213 Å². The fourth-order valence-corrected chi connectivity index (χ4v) is 11.0. The number of carboxylic acids is 1. The fourth-order valence-electron chi connectivity index (χ4n) is 8.60. The maximum Gasteiger partial charge on any atom is 0.530 e. The first-order chi connectivity index (χ1) is 42.4. The molecule has 0 aromatic heterocycles. The SMILES string of the molecule is O=C(NC(Cc1ccc(OP(=O)(OCc2ccccc2)OCc2ccccc2)c(OCc2ccccc2)c1)C(=O)NC(Cc1ccc(OP(=O)(OCc2ccccc2)OCc2ccccc2)c(OCc2ccccc2)c1)C(=O)O)OCc1ccccc1. The third kappa shape index (κ3) is 20.2. The highest BCUT2D eigenvalue weighted by atomic mass is 31.2. The molecule has 0 aliphatic carbocycles. The number of nitrogens with one attached hydrogen (secondary N) is 2. The van der Waals surface area contributed by atoms with E-state index >= 15 is 0 Å². The van der Waals surface area contributed by atoms with Gasteiger partial charge in [-0.3, -0.25) is 22.9 Å². The van der Waals surface area contributed by atoms with Gasteiger partial charge in [-0.05, 0) is 74.3 Å². The first-order valence-electron chi connectivity index (χ1n) is 27.8. The Hall–Kier alpha value is -9.31. The second-order valence-electron chi connectivity index (χ2n) is 19.8. The van der Waals surface area contributed by atoms with Gasteiger partial charge in [-0.2, -0.15) is 0 Å². The lowest BCUT2D eigenvalue weighted by Crippen LogP contribution is -2.53. The van der Waals surface area contributed by atoms with Gasteiger partial charge >= 0.3 is 27.7 Å². The molecule has 2 atom stereocenters. The van der Waals surface area contributed by atoms with E-state index in [-0.39, 0.29) is 82.1 Å². The first kappa shape index (κ1) is 62.2. The number of rotatable bonds is 32. The average molecular weight is 1210 g/mol. The van der Waals surface area contributed by atoms with Gasteiger partial charge in [-0.15, -0.1) is 0 Å². The van der Waals surface area contributed by atoms with Crippen LogP contribution in [-0.2, 0) is 101 Å². The normalized spacial score (nSPS) is 12.0. The van der Waals surface area contributed by atoms with Gasteiger partial charge in [0.25, 0.3) is 0 Å². The summed E-state index contributed by atoms with van der Waals surface area (Å²) in [6, 6.07) is 69.9. The van der Waals surface area contributed by atoms with Crippen molar-refractivity contribution in [3.8, 4) is 23.0 Å². The van der Waals surface area contributed by atoms with Crippen LogP contribution in [0.1, 0.15) is 50.1 Å². The summed E-state index contributed by atoms with van der Waals surface area (Å²) >= 11 is 0. The summed E-state index contributed by atoms with van der Waals surface area (Å²) in [5, 5.41) is 16.0. The van der Waals surface area contributed by atoms with Gasteiger partial charge in [0.15, 0.2) is 23.0 Å². The van der Waals surface area contributed by atoms with Crippen molar-refractivity contribution in [3.63, 3.8) is 0 Å². The zero-order valence-electron chi connectivity index (χ0n) is 47.2. The van der Waals surface area contributed by atoms with Crippen LogP contribution in [0.15, 0.2) is 249 Å². The van der Waals surface area contributed by atoms with Gasteiger partial charge in [0, 0.05) is 12.8 Å². The minimum atomic E-state index is -4.43. The highest BCUT2D eigenvalue weighted by molar-refractivity contribution is 7.49. The molecule has 3 N–H and O–H groups in total. The predicted octanol–water partition coefficient (Wildman–Crippen LogP) is 14.3. The Morgan fingerprint density at radius 2 is 0.644 bits per heavy atom. The van der Waals surface area contributed by atoms with Crippen molar-refractivity contribution in [1.82, 2.24) is 10.6 Å². The van der Waals surface area contributed by atoms with Crippen LogP contribution in [0.4, 0.5) is 4.79 Å². The summed E-state index contributed by atoms with van der Waals surface area (Å²) < 4.78 is 83.6. The highest BCUT2D eigenvalue weighted by Crippen LogP contribution is 2.54. The van der Waals surface area contributed by atoms with Crippen molar-refractivity contribution in [2.24, 2.45) is 0 Å². The number of phosphoric ester groups is 2. The molecule has 0 saturated heterocycles. The van der Waals surface area contributed by atoms with E-state index in [1.165, 1.54) is 18.2 Å². The molecule has 19 heteroatoms. The monoisotopic (exact) mass is 1210 g/mol. The van der Waals surface area contributed by atoms with Gasteiger partial charge in [0.2, 0.25) is 5.91 Å². The molecular weight excluding hydrogens is 1150 g/mol. The van der Waals surface area contributed by atoms with Crippen LogP contribution in [0.5, 0.6) is 23.0 Å². The molecule has 446 valence electrons. The van der Waals surface area contributed by atoms with E-state index in [0.29, 0.717) is 38.9 Å². The van der Waals surface area contributed by atoms with E-state index in [9.17, 15) is 28.6 Å². The predicted molar refractivity (Wildman–Crippen MR) is 326 cm³/mol. The lowest BCUT2D eigenvalue weighted by atomic mass is 10.0. The third-order valence-corrected chi connectivity index (χ3v) is 15.8. The van der Waals surface area contributed by atoms with Crippen molar-refractivity contribution < 1.29 is 70.0 Å². The molecule has 2 unspecified atom stereocenters. The van der Waals surface area contributed by atoms with Crippen molar-refractivity contribution in [3.05, 3.63) is 299 Å². The second-order valence-corrected chi connectivity index (χ2v) is 23.0. The zero-order chi connectivity index (χ0) is 60.5. The molecule has 0 heterocycles. The number of hydrogen-bond acceptors (Lipinski definition) is 14. The molecule has 9 rings (SSSR count). The third-order valence-electron chi connectivity index (χ3n) is 13.2. The zero-order valence-corrected chi connectivity index (χ0v) is 49.0. The van der Waals surface area contributed by atoms with Crippen LogP contribution in [0.3, 0.4) is 0 Å². The number of alkyl carbamates (subject to hydrolysis) is 1. The average Bonchev–Trinajstić information content (AvgIpc) is 3.70. The van der Waals surface area contributed by atoms with Gasteiger partial charge in [0.05, 0.1) is 26.4 Å². The van der Waals surface area contributed by atoms with Gasteiger partial charge in [0.1, 0.15) is 31.9 Å². The van der Waals surface area contributed by atoms with Crippen molar-refractivity contribution in [2.75, 3.05) is 0 Å². The Kier molecular flexibility index (Phi) is 22.7. The number of aliphatic carboxylic acids is 1. The molecule has 0 aliphatic rings. The van der Waals surface area contributed by atoms with E-state index in [0.717, 1.165) is 11.1 Å². The summed E-state index contributed by atoms with van der Waals surface area (Å²) in [7, 11) is -8.86. The van der Waals surface area contributed by atoms with E-state index in [1.54, 1.807) is 66.7 Å². The van der Waals surface area contributed by atoms with Crippen molar-refractivity contribution in [2.45, 2.75) is 71.2 Å². The molecule has 9 aromatic rings. The van der Waals surface area contributed by atoms with Crippen LogP contribution in [0.2, 0.25) is 0 Å².